The second-order valence-electron chi connectivity index (χ2n) is 4.38. The van der Waals surface area contributed by atoms with Gasteiger partial charge in [0.15, 0.2) is 0 Å². The van der Waals surface area contributed by atoms with Crippen LogP contribution < -0.4 is 0 Å². The highest BCUT2D eigenvalue weighted by Gasteiger charge is 2.15. The van der Waals surface area contributed by atoms with Crippen molar-refractivity contribution in [1.82, 2.24) is 25.2 Å². The van der Waals surface area contributed by atoms with Crippen LogP contribution in [0, 0.1) is 0 Å². The van der Waals surface area contributed by atoms with Gasteiger partial charge < -0.3 is 5.11 Å². The van der Waals surface area contributed by atoms with Crippen molar-refractivity contribution in [2.45, 2.75) is 23.2 Å². The van der Waals surface area contributed by atoms with E-state index >= 15 is 0 Å². The van der Waals surface area contributed by atoms with Gasteiger partial charge in [0.05, 0.1) is 11.8 Å². The summed E-state index contributed by atoms with van der Waals surface area (Å²) >= 11 is 1.33. The van der Waals surface area contributed by atoms with Crippen LogP contribution in [0.4, 0.5) is 0 Å². The van der Waals surface area contributed by atoms with Crippen LogP contribution in [-0.4, -0.2) is 30.3 Å². The second kappa shape index (κ2) is 6.02. The molecule has 2 heterocycles. The Hall–Kier alpha value is -2.25. The molecule has 1 N–H and O–H groups in total. The fourth-order valence-electron chi connectivity index (χ4n) is 1.87. The van der Waals surface area contributed by atoms with Crippen molar-refractivity contribution >= 4 is 11.8 Å². The number of aromatic nitrogens is 5. The van der Waals surface area contributed by atoms with E-state index < -0.39 is 6.10 Å². The third-order valence-corrected chi connectivity index (χ3v) is 3.85. The van der Waals surface area contributed by atoms with E-state index in [2.05, 4.69) is 20.5 Å². The summed E-state index contributed by atoms with van der Waals surface area (Å²) in [7, 11) is 0. The number of aliphatic hydroxyl groups is 1. The Morgan fingerprint density at radius 2 is 1.95 bits per heavy atom. The molecule has 2 aromatic heterocycles. The molecule has 0 saturated heterocycles. The van der Waals surface area contributed by atoms with Gasteiger partial charge >= 0.3 is 0 Å². The Balaban J connectivity index is 1.96. The number of rotatable bonds is 4. The summed E-state index contributed by atoms with van der Waals surface area (Å²) in [4.78, 5) is 4.30. The van der Waals surface area contributed by atoms with Crippen molar-refractivity contribution in [2.24, 2.45) is 0 Å². The highest BCUT2D eigenvalue weighted by Crippen LogP contribution is 2.30. The number of tetrazole rings is 1. The van der Waals surface area contributed by atoms with Gasteiger partial charge in [0.2, 0.25) is 5.16 Å². The molecule has 0 bridgehead atoms. The minimum atomic E-state index is -0.595. The first-order valence-electron chi connectivity index (χ1n) is 6.40. The molecule has 0 amide bonds. The Bertz CT molecular complexity index is 729. The van der Waals surface area contributed by atoms with Crippen LogP contribution >= 0.6 is 11.8 Å². The van der Waals surface area contributed by atoms with E-state index in [1.165, 1.54) is 11.8 Å². The van der Waals surface area contributed by atoms with Gasteiger partial charge in [-0.25, -0.2) is 4.98 Å². The molecule has 0 radical (unpaired) electrons. The van der Waals surface area contributed by atoms with Crippen molar-refractivity contribution in [3.63, 3.8) is 0 Å². The number of para-hydroxylation sites is 1. The van der Waals surface area contributed by atoms with Gasteiger partial charge in [-0.2, -0.15) is 4.68 Å². The number of nitrogens with zero attached hydrogens (tertiary/aromatic N) is 5. The van der Waals surface area contributed by atoms with E-state index in [1.54, 1.807) is 23.9 Å². The molecule has 0 saturated carbocycles. The molecular formula is C14H13N5OS. The van der Waals surface area contributed by atoms with E-state index in [-0.39, 0.29) is 0 Å². The molecule has 1 atom stereocenters. The number of pyridine rings is 1. The zero-order chi connectivity index (χ0) is 14.7. The predicted molar refractivity (Wildman–Crippen MR) is 78.1 cm³/mol. The third kappa shape index (κ3) is 2.93. The van der Waals surface area contributed by atoms with Crippen molar-refractivity contribution in [1.29, 1.82) is 0 Å². The molecule has 0 aliphatic heterocycles. The predicted octanol–water partition coefficient (Wildman–Crippen LogP) is 2.26. The monoisotopic (exact) mass is 299 g/mol. The van der Waals surface area contributed by atoms with Gasteiger partial charge in [0, 0.05) is 11.8 Å². The molecule has 7 heteroatoms. The number of benzene rings is 1. The summed E-state index contributed by atoms with van der Waals surface area (Å²) in [5, 5.41) is 22.9. The smallest absolute Gasteiger partial charge is 0.220 e. The van der Waals surface area contributed by atoms with Crippen LogP contribution in [0.5, 0.6) is 0 Å². The van der Waals surface area contributed by atoms with Crippen molar-refractivity contribution < 1.29 is 5.11 Å². The number of hydrogen-bond donors (Lipinski definition) is 1. The van der Waals surface area contributed by atoms with Gasteiger partial charge in [-0.3, -0.25) is 0 Å². The standard InChI is InChI=1S/C14H13N5OS/c1-10(20)12-8-5-9-15-13(12)21-14-16-17-18-19(14)11-6-3-2-4-7-11/h2-10,20H,1H3. The SMILES string of the molecule is CC(O)c1cccnc1Sc1nnnn1-c1ccccc1. The van der Waals surface area contributed by atoms with Crippen LogP contribution in [0.3, 0.4) is 0 Å². The highest BCUT2D eigenvalue weighted by atomic mass is 32.2. The lowest BCUT2D eigenvalue weighted by Crippen LogP contribution is -2.00. The minimum Gasteiger partial charge on any atom is -0.389 e. The molecular weight excluding hydrogens is 286 g/mol. The van der Waals surface area contributed by atoms with Gasteiger partial charge in [-0.15, -0.1) is 5.10 Å². The number of aliphatic hydroxyl groups excluding tert-OH is 1. The number of hydrogen-bond acceptors (Lipinski definition) is 6. The molecule has 3 aromatic rings. The lowest BCUT2D eigenvalue weighted by Gasteiger charge is -2.09. The van der Waals surface area contributed by atoms with E-state index in [1.807, 2.05) is 36.4 Å². The second-order valence-corrected chi connectivity index (χ2v) is 5.34. The lowest BCUT2D eigenvalue weighted by molar-refractivity contribution is 0.195. The summed E-state index contributed by atoms with van der Waals surface area (Å²) in [6, 6.07) is 13.3. The zero-order valence-electron chi connectivity index (χ0n) is 11.3. The van der Waals surface area contributed by atoms with Crippen LogP contribution in [0.1, 0.15) is 18.6 Å². The molecule has 0 fully saturated rings. The Morgan fingerprint density at radius 3 is 2.71 bits per heavy atom. The maximum absolute atomic E-state index is 9.81. The van der Waals surface area contributed by atoms with E-state index in [9.17, 15) is 5.11 Å². The summed E-state index contributed by atoms with van der Waals surface area (Å²) < 4.78 is 1.64. The quantitative estimate of drug-likeness (QED) is 0.796. The van der Waals surface area contributed by atoms with E-state index in [0.29, 0.717) is 10.2 Å². The molecule has 0 spiro atoms. The topological polar surface area (TPSA) is 76.7 Å². The van der Waals surface area contributed by atoms with Crippen molar-refractivity contribution in [3.8, 4) is 5.69 Å². The average Bonchev–Trinajstić information content (AvgIpc) is 2.96. The highest BCUT2D eigenvalue weighted by molar-refractivity contribution is 7.99. The van der Waals surface area contributed by atoms with Crippen LogP contribution in [0.15, 0.2) is 58.8 Å². The van der Waals surface area contributed by atoms with Crippen LogP contribution in [0.25, 0.3) is 5.69 Å². The molecule has 6 nitrogen and oxygen atoms in total. The third-order valence-electron chi connectivity index (χ3n) is 2.88. The van der Waals surface area contributed by atoms with Gasteiger partial charge in [0.25, 0.3) is 0 Å². The lowest BCUT2D eigenvalue weighted by atomic mass is 10.2. The summed E-state index contributed by atoms with van der Waals surface area (Å²) in [5.41, 5.74) is 1.63. The van der Waals surface area contributed by atoms with Crippen LogP contribution in [0.2, 0.25) is 0 Å². The maximum Gasteiger partial charge on any atom is 0.220 e. The normalized spacial score (nSPS) is 12.3. The molecule has 1 aromatic carbocycles. The molecule has 0 aliphatic carbocycles. The van der Waals surface area contributed by atoms with E-state index in [4.69, 9.17) is 0 Å². The largest absolute Gasteiger partial charge is 0.389 e. The molecule has 0 aliphatic rings. The van der Waals surface area contributed by atoms with Gasteiger partial charge in [0.1, 0.15) is 5.03 Å². The zero-order valence-corrected chi connectivity index (χ0v) is 12.1. The first-order valence-corrected chi connectivity index (χ1v) is 7.22. The maximum atomic E-state index is 9.81. The average molecular weight is 299 g/mol. The first-order chi connectivity index (χ1) is 10.3. The van der Waals surface area contributed by atoms with Crippen LogP contribution in [-0.2, 0) is 0 Å². The summed E-state index contributed by atoms with van der Waals surface area (Å²) in [6.07, 6.45) is 1.09. The summed E-state index contributed by atoms with van der Waals surface area (Å²) in [5.74, 6) is 0. The Morgan fingerprint density at radius 1 is 1.14 bits per heavy atom. The Labute approximate surface area is 125 Å². The van der Waals surface area contributed by atoms with Crippen molar-refractivity contribution in [2.75, 3.05) is 0 Å². The van der Waals surface area contributed by atoms with Gasteiger partial charge in [-0.05, 0) is 47.3 Å². The molecule has 106 valence electrons. The molecule has 1 unspecified atom stereocenters. The fourth-order valence-corrected chi connectivity index (χ4v) is 2.82. The van der Waals surface area contributed by atoms with Gasteiger partial charge in [-0.1, -0.05) is 24.3 Å². The van der Waals surface area contributed by atoms with Crippen molar-refractivity contribution in [3.05, 3.63) is 54.2 Å². The first kappa shape index (κ1) is 13.7. The van der Waals surface area contributed by atoms with E-state index in [0.717, 1.165) is 11.3 Å². The minimum absolute atomic E-state index is 0.595. The molecule has 21 heavy (non-hydrogen) atoms. The Kier molecular flexibility index (Phi) is 3.94. The summed E-state index contributed by atoms with van der Waals surface area (Å²) in [6.45, 7) is 1.71. The molecule has 3 rings (SSSR count). The fraction of sp³-hybridized carbons (Fsp3) is 0.143.